The molecule has 1 fully saturated rings. The van der Waals surface area contributed by atoms with Gasteiger partial charge in [0, 0.05) is 26.8 Å². The van der Waals surface area contributed by atoms with Crippen LogP contribution in [0.2, 0.25) is 0 Å². The molecule has 1 heterocycles. The van der Waals surface area contributed by atoms with Crippen LogP contribution in [0.4, 0.5) is 5.69 Å². The van der Waals surface area contributed by atoms with Gasteiger partial charge in [0.25, 0.3) is 5.91 Å². The quantitative estimate of drug-likeness (QED) is 0.746. The topological polar surface area (TPSA) is 70.7 Å². The molecule has 1 saturated heterocycles. The molecule has 2 amide bonds. The van der Waals surface area contributed by atoms with Crippen LogP contribution in [0, 0.1) is 5.92 Å². The molecule has 1 aromatic carbocycles. The van der Waals surface area contributed by atoms with Crippen molar-refractivity contribution in [2.45, 2.75) is 19.3 Å². The maximum absolute atomic E-state index is 12.5. The highest BCUT2D eigenvalue weighted by atomic mass is 16.5. The summed E-state index contributed by atoms with van der Waals surface area (Å²) in [5, 5.41) is 5.79. The number of hydrogen-bond acceptors (Lipinski definition) is 4. The van der Waals surface area contributed by atoms with E-state index in [2.05, 4.69) is 15.5 Å². The van der Waals surface area contributed by atoms with E-state index in [4.69, 9.17) is 4.74 Å². The fourth-order valence-electron chi connectivity index (χ4n) is 2.92. The average Bonchev–Trinajstić information content (AvgIpc) is 2.59. The summed E-state index contributed by atoms with van der Waals surface area (Å²) in [7, 11) is 3.66. The Labute approximate surface area is 143 Å². The van der Waals surface area contributed by atoms with E-state index >= 15 is 0 Å². The number of carbonyl (C=O) groups excluding carboxylic acids is 2. The Kier molecular flexibility index (Phi) is 7.21. The van der Waals surface area contributed by atoms with Gasteiger partial charge < -0.3 is 20.3 Å². The number of methoxy groups -OCH3 is 1. The molecule has 0 unspecified atom stereocenters. The lowest BCUT2D eigenvalue weighted by Crippen LogP contribution is -2.38. The molecule has 132 valence electrons. The maximum Gasteiger partial charge on any atom is 0.253 e. The van der Waals surface area contributed by atoms with Gasteiger partial charge in [0.1, 0.15) is 0 Å². The summed E-state index contributed by atoms with van der Waals surface area (Å²) in [5.41, 5.74) is 1.06. The van der Waals surface area contributed by atoms with E-state index in [0.717, 1.165) is 32.4 Å². The second kappa shape index (κ2) is 9.39. The molecule has 0 aromatic heterocycles. The van der Waals surface area contributed by atoms with Gasteiger partial charge in [-0.3, -0.25) is 9.59 Å². The van der Waals surface area contributed by atoms with Gasteiger partial charge in [-0.25, -0.2) is 0 Å². The number of likely N-dealkylation sites (tertiary alicyclic amines) is 1. The zero-order valence-electron chi connectivity index (χ0n) is 14.5. The zero-order valence-corrected chi connectivity index (χ0v) is 14.5. The Morgan fingerprint density at radius 1 is 1.33 bits per heavy atom. The molecule has 1 aliphatic rings. The number of amides is 2. The largest absolute Gasteiger partial charge is 0.385 e. The maximum atomic E-state index is 12.5. The van der Waals surface area contributed by atoms with Crippen LogP contribution in [0.25, 0.3) is 0 Å². The summed E-state index contributed by atoms with van der Waals surface area (Å²) in [6.07, 6.45) is 2.67. The van der Waals surface area contributed by atoms with Crippen LogP contribution < -0.4 is 10.6 Å². The zero-order chi connectivity index (χ0) is 17.4. The molecule has 0 saturated carbocycles. The van der Waals surface area contributed by atoms with Crippen LogP contribution in [-0.2, 0) is 9.53 Å². The van der Waals surface area contributed by atoms with Crippen molar-refractivity contribution in [1.82, 2.24) is 10.2 Å². The van der Waals surface area contributed by atoms with E-state index < -0.39 is 0 Å². The third-order valence-corrected chi connectivity index (χ3v) is 4.24. The monoisotopic (exact) mass is 333 g/mol. The minimum absolute atomic E-state index is 0.0128. The molecule has 2 rings (SSSR count). The Morgan fingerprint density at radius 2 is 2.12 bits per heavy atom. The second-order valence-corrected chi connectivity index (χ2v) is 6.24. The van der Waals surface area contributed by atoms with Crippen LogP contribution in [0.5, 0.6) is 0 Å². The van der Waals surface area contributed by atoms with Crippen LogP contribution in [-0.4, -0.2) is 57.1 Å². The molecule has 24 heavy (non-hydrogen) atoms. The van der Waals surface area contributed by atoms with E-state index in [9.17, 15) is 9.59 Å². The van der Waals surface area contributed by atoms with Crippen LogP contribution in [0.15, 0.2) is 24.3 Å². The predicted molar refractivity (Wildman–Crippen MR) is 94.1 cm³/mol. The first-order valence-corrected chi connectivity index (χ1v) is 8.47. The van der Waals surface area contributed by atoms with Crippen molar-refractivity contribution in [3.63, 3.8) is 0 Å². The summed E-state index contributed by atoms with van der Waals surface area (Å²) in [6, 6.07) is 7.13. The molecule has 2 N–H and O–H groups in total. The summed E-state index contributed by atoms with van der Waals surface area (Å²) < 4.78 is 4.97. The van der Waals surface area contributed by atoms with Crippen molar-refractivity contribution in [3.05, 3.63) is 29.8 Å². The lowest BCUT2D eigenvalue weighted by Gasteiger charge is -2.28. The fourth-order valence-corrected chi connectivity index (χ4v) is 2.92. The van der Waals surface area contributed by atoms with Crippen LogP contribution in [0.3, 0.4) is 0 Å². The summed E-state index contributed by atoms with van der Waals surface area (Å²) in [5.74, 6) is -0.217. The van der Waals surface area contributed by atoms with Crippen LogP contribution in [0.1, 0.15) is 29.6 Å². The molecule has 0 radical (unpaired) electrons. The average molecular weight is 333 g/mol. The molecule has 6 nitrogen and oxygen atoms in total. The number of piperidine rings is 1. The molecule has 0 aliphatic carbocycles. The van der Waals surface area contributed by atoms with Crippen molar-refractivity contribution < 1.29 is 14.3 Å². The van der Waals surface area contributed by atoms with E-state index in [-0.39, 0.29) is 17.7 Å². The lowest BCUT2D eigenvalue weighted by atomic mass is 9.97. The second-order valence-electron chi connectivity index (χ2n) is 6.24. The normalized spacial score (nSPS) is 18.2. The summed E-state index contributed by atoms with van der Waals surface area (Å²) in [4.78, 5) is 27.0. The van der Waals surface area contributed by atoms with Gasteiger partial charge in [-0.1, -0.05) is 12.1 Å². The Morgan fingerprint density at radius 3 is 2.88 bits per heavy atom. The molecule has 1 aliphatic heterocycles. The number of ether oxygens (including phenoxy) is 1. The summed E-state index contributed by atoms with van der Waals surface area (Å²) in [6.45, 7) is 2.94. The fraction of sp³-hybridized carbons (Fsp3) is 0.556. The van der Waals surface area contributed by atoms with E-state index in [1.165, 1.54) is 0 Å². The molecule has 0 bridgehead atoms. The number of hydrogen-bond donors (Lipinski definition) is 2. The molecular formula is C18H27N3O3. The van der Waals surface area contributed by atoms with E-state index in [1.54, 1.807) is 25.3 Å². The van der Waals surface area contributed by atoms with Crippen molar-refractivity contribution in [1.29, 1.82) is 0 Å². The van der Waals surface area contributed by atoms with Gasteiger partial charge >= 0.3 is 0 Å². The first-order chi connectivity index (χ1) is 11.6. The third-order valence-electron chi connectivity index (χ3n) is 4.24. The smallest absolute Gasteiger partial charge is 0.253 e. The highest BCUT2D eigenvalue weighted by molar-refractivity contribution is 6.04. The van der Waals surface area contributed by atoms with Crippen LogP contribution >= 0.6 is 0 Å². The van der Waals surface area contributed by atoms with Gasteiger partial charge in [0.05, 0.1) is 17.2 Å². The van der Waals surface area contributed by atoms with Gasteiger partial charge in [0.15, 0.2) is 0 Å². The Hall–Kier alpha value is -1.92. The Bertz CT molecular complexity index is 562. The lowest BCUT2D eigenvalue weighted by molar-refractivity contribution is -0.121. The minimum atomic E-state index is -0.178. The van der Waals surface area contributed by atoms with Gasteiger partial charge in [0.2, 0.25) is 5.91 Å². The number of nitrogens with one attached hydrogen (secondary N) is 2. The third kappa shape index (κ3) is 5.32. The van der Waals surface area contributed by atoms with E-state index in [0.29, 0.717) is 24.4 Å². The van der Waals surface area contributed by atoms with Crippen molar-refractivity contribution in [2.75, 3.05) is 45.7 Å². The predicted octanol–water partition coefficient (Wildman–Crippen LogP) is 1.73. The van der Waals surface area contributed by atoms with Crippen molar-refractivity contribution in [3.8, 4) is 0 Å². The molecule has 0 spiro atoms. The van der Waals surface area contributed by atoms with Crippen molar-refractivity contribution >= 4 is 17.5 Å². The van der Waals surface area contributed by atoms with E-state index in [1.807, 2.05) is 13.1 Å². The standard InChI is InChI=1S/C18H27N3O3/c1-21-11-5-7-14(13-21)17(22)20-16-9-4-3-8-15(16)18(23)19-10-6-12-24-2/h3-4,8-9,14H,5-7,10-13H2,1-2H3,(H,19,23)(H,20,22)/t14-/m1/s1. The first kappa shape index (κ1) is 18.4. The molecular weight excluding hydrogens is 306 g/mol. The molecule has 1 atom stereocenters. The number of anilines is 1. The van der Waals surface area contributed by atoms with Gasteiger partial charge in [-0.05, 0) is 45.0 Å². The minimum Gasteiger partial charge on any atom is -0.385 e. The highest BCUT2D eigenvalue weighted by Crippen LogP contribution is 2.20. The first-order valence-electron chi connectivity index (χ1n) is 8.47. The molecule has 6 heteroatoms. The van der Waals surface area contributed by atoms with Crippen molar-refractivity contribution in [2.24, 2.45) is 5.92 Å². The SMILES string of the molecule is COCCCNC(=O)c1ccccc1NC(=O)[C@@H]1CCCN(C)C1. The number of nitrogens with zero attached hydrogens (tertiary/aromatic N) is 1. The molecule has 1 aromatic rings. The highest BCUT2D eigenvalue weighted by Gasteiger charge is 2.24. The number of rotatable bonds is 7. The summed E-state index contributed by atoms with van der Waals surface area (Å²) >= 11 is 0. The number of carbonyl (C=O) groups is 2. The van der Waals surface area contributed by atoms with Gasteiger partial charge in [-0.2, -0.15) is 0 Å². The number of para-hydroxylation sites is 1. The number of benzene rings is 1. The Balaban J connectivity index is 1.97. The van der Waals surface area contributed by atoms with Gasteiger partial charge in [-0.15, -0.1) is 0 Å².